The number of benzene rings is 1. The molecule has 18 heavy (non-hydrogen) atoms. The maximum Gasteiger partial charge on any atom is 0.0885 e. The Kier molecular flexibility index (Phi) is 4.38. The first-order valence-corrected chi connectivity index (χ1v) is 6.80. The SMILES string of the molecule is COC1(C(NN)c2ccc(C)cc2)CCCCC1. The van der Waals surface area contributed by atoms with Crippen LogP contribution in [-0.4, -0.2) is 12.7 Å². The van der Waals surface area contributed by atoms with E-state index in [1.807, 2.05) is 7.11 Å². The molecular formula is C15H24N2O. The van der Waals surface area contributed by atoms with Gasteiger partial charge in [0.2, 0.25) is 0 Å². The average molecular weight is 248 g/mol. The number of rotatable bonds is 4. The number of nitrogens with one attached hydrogen (secondary N) is 1. The van der Waals surface area contributed by atoms with Crippen LogP contribution in [-0.2, 0) is 4.74 Å². The number of methoxy groups -OCH3 is 1. The van der Waals surface area contributed by atoms with Crippen LogP contribution in [0.15, 0.2) is 24.3 Å². The second-order valence-corrected chi connectivity index (χ2v) is 5.34. The van der Waals surface area contributed by atoms with Crippen molar-refractivity contribution < 1.29 is 4.74 Å². The maximum atomic E-state index is 5.87. The normalized spacial score (nSPS) is 20.6. The van der Waals surface area contributed by atoms with E-state index in [1.165, 1.54) is 30.4 Å². The number of ether oxygens (including phenoxy) is 1. The predicted octanol–water partition coefficient (Wildman–Crippen LogP) is 2.85. The topological polar surface area (TPSA) is 47.3 Å². The van der Waals surface area contributed by atoms with Crippen molar-refractivity contribution >= 4 is 0 Å². The molecule has 1 atom stereocenters. The van der Waals surface area contributed by atoms with Crippen molar-refractivity contribution in [3.63, 3.8) is 0 Å². The third kappa shape index (κ3) is 2.58. The van der Waals surface area contributed by atoms with Crippen molar-refractivity contribution in [1.82, 2.24) is 5.43 Å². The van der Waals surface area contributed by atoms with Gasteiger partial charge in [0.1, 0.15) is 0 Å². The first-order chi connectivity index (χ1) is 8.72. The van der Waals surface area contributed by atoms with Crippen LogP contribution in [0.3, 0.4) is 0 Å². The Morgan fingerprint density at radius 1 is 1.17 bits per heavy atom. The second-order valence-electron chi connectivity index (χ2n) is 5.34. The predicted molar refractivity (Wildman–Crippen MR) is 74.1 cm³/mol. The Labute approximate surface area is 110 Å². The molecule has 0 spiro atoms. The van der Waals surface area contributed by atoms with Crippen LogP contribution in [0.1, 0.15) is 49.3 Å². The molecule has 1 aliphatic rings. The van der Waals surface area contributed by atoms with E-state index in [0.717, 1.165) is 12.8 Å². The summed E-state index contributed by atoms with van der Waals surface area (Å²) in [7, 11) is 1.81. The van der Waals surface area contributed by atoms with Crippen LogP contribution in [0, 0.1) is 6.92 Å². The first kappa shape index (κ1) is 13.5. The quantitative estimate of drug-likeness (QED) is 0.636. The Bertz CT molecular complexity index is 369. The summed E-state index contributed by atoms with van der Waals surface area (Å²) in [5, 5.41) is 0. The molecule has 1 aliphatic carbocycles. The average Bonchev–Trinajstić information content (AvgIpc) is 2.43. The minimum Gasteiger partial charge on any atom is -0.376 e. The summed E-state index contributed by atoms with van der Waals surface area (Å²) in [5.41, 5.74) is 5.31. The molecule has 2 rings (SSSR count). The van der Waals surface area contributed by atoms with Crippen molar-refractivity contribution in [2.75, 3.05) is 7.11 Å². The van der Waals surface area contributed by atoms with Crippen molar-refractivity contribution in [1.29, 1.82) is 0 Å². The number of hydrazine groups is 1. The Balaban J connectivity index is 2.27. The monoisotopic (exact) mass is 248 g/mol. The van der Waals surface area contributed by atoms with Crippen LogP contribution in [0.5, 0.6) is 0 Å². The molecule has 0 aromatic heterocycles. The van der Waals surface area contributed by atoms with E-state index >= 15 is 0 Å². The van der Waals surface area contributed by atoms with Gasteiger partial charge in [-0.2, -0.15) is 0 Å². The molecule has 3 nitrogen and oxygen atoms in total. The minimum absolute atomic E-state index is 0.0726. The lowest BCUT2D eigenvalue weighted by Crippen LogP contribution is -2.49. The van der Waals surface area contributed by atoms with E-state index in [9.17, 15) is 0 Å². The van der Waals surface area contributed by atoms with Crippen molar-refractivity contribution in [2.45, 2.75) is 50.7 Å². The standard InChI is InChI=1S/C15H24N2O/c1-12-6-8-13(9-7-12)14(17-16)15(18-2)10-4-3-5-11-15/h6-9,14,17H,3-5,10-11,16H2,1-2H3. The van der Waals surface area contributed by atoms with Gasteiger partial charge in [0.25, 0.3) is 0 Å². The Morgan fingerprint density at radius 2 is 1.78 bits per heavy atom. The van der Waals surface area contributed by atoms with Crippen LogP contribution >= 0.6 is 0 Å². The van der Waals surface area contributed by atoms with Crippen LogP contribution < -0.4 is 11.3 Å². The van der Waals surface area contributed by atoms with E-state index in [-0.39, 0.29) is 11.6 Å². The fourth-order valence-corrected chi connectivity index (χ4v) is 3.07. The summed E-state index contributed by atoms with van der Waals surface area (Å²) in [6.07, 6.45) is 5.89. The van der Waals surface area contributed by atoms with Gasteiger partial charge < -0.3 is 4.74 Å². The van der Waals surface area contributed by atoms with Crippen LogP contribution in [0.25, 0.3) is 0 Å². The van der Waals surface area contributed by atoms with E-state index in [1.54, 1.807) is 0 Å². The summed E-state index contributed by atoms with van der Waals surface area (Å²) in [5.74, 6) is 5.80. The zero-order chi connectivity index (χ0) is 13.0. The molecule has 1 unspecified atom stereocenters. The molecule has 1 aromatic rings. The highest BCUT2D eigenvalue weighted by atomic mass is 16.5. The number of hydrogen-bond donors (Lipinski definition) is 2. The molecule has 0 amide bonds. The fourth-order valence-electron chi connectivity index (χ4n) is 3.07. The summed E-state index contributed by atoms with van der Waals surface area (Å²) < 4.78 is 5.87. The highest BCUT2D eigenvalue weighted by molar-refractivity contribution is 5.26. The van der Waals surface area contributed by atoms with Gasteiger partial charge in [0.05, 0.1) is 11.6 Å². The molecule has 0 heterocycles. The molecule has 100 valence electrons. The summed E-state index contributed by atoms with van der Waals surface area (Å²) in [6, 6.07) is 8.63. The number of aryl methyl sites for hydroxylation is 1. The largest absolute Gasteiger partial charge is 0.376 e. The molecule has 0 radical (unpaired) electrons. The van der Waals surface area contributed by atoms with Gasteiger partial charge in [0, 0.05) is 7.11 Å². The van der Waals surface area contributed by atoms with E-state index in [0.29, 0.717) is 0 Å². The molecule has 1 saturated carbocycles. The third-order valence-corrected chi connectivity index (χ3v) is 4.21. The number of nitrogens with two attached hydrogens (primary N) is 1. The van der Waals surface area contributed by atoms with Gasteiger partial charge in [0.15, 0.2) is 0 Å². The van der Waals surface area contributed by atoms with Gasteiger partial charge in [-0.25, -0.2) is 0 Å². The van der Waals surface area contributed by atoms with Gasteiger partial charge in [-0.3, -0.25) is 11.3 Å². The van der Waals surface area contributed by atoms with Crippen molar-refractivity contribution in [3.05, 3.63) is 35.4 Å². The molecule has 0 aliphatic heterocycles. The van der Waals surface area contributed by atoms with Crippen molar-refractivity contribution in [3.8, 4) is 0 Å². The summed E-state index contributed by atoms with van der Waals surface area (Å²) in [4.78, 5) is 0. The van der Waals surface area contributed by atoms with E-state index < -0.39 is 0 Å². The van der Waals surface area contributed by atoms with Gasteiger partial charge >= 0.3 is 0 Å². The van der Waals surface area contributed by atoms with E-state index in [2.05, 4.69) is 36.6 Å². The number of hydrogen-bond acceptors (Lipinski definition) is 3. The smallest absolute Gasteiger partial charge is 0.0885 e. The maximum absolute atomic E-state index is 5.87. The Morgan fingerprint density at radius 3 is 2.28 bits per heavy atom. The highest BCUT2D eigenvalue weighted by Crippen LogP contribution is 2.40. The van der Waals surface area contributed by atoms with Crippen LogP contribution in [0.4, 0.5) is 0 Å². The fraction of sp³-hybridized carbons (Fsp3) is 0.600. The first-order valence-electron chi connectivity index (χ1n) is 6.80. The third-order valence-electron chi connectivity index (χ3n) is 4.21. The summed E-state index contributed by atoms with van der Waals surface area (Å²) >= 11 is 0. The zero-order valence-electron chi connectivity index (χ0n) is 11.4. The Hall–Kier alpha value is -0.900. The lowest BCUT2D eigenvalue weighted by molar-refractivity contribution is -0.0688. The van der Waals surface area contributed by atoms with Gasteiger partial charge in [-0.05, 0) is 25.3 Å². The lowest BCUT2D eigenvalue weighted by Gasteiger charge is -2.42. The second kappa shape index (κ2) is 5.83. The van der Waals surface area contributed by atoms with Crippen molar-refractivity contribution in [2.24, 2.45) is 5.84 Å². The van der Waals surface area contributed by atoms with Gasteiger partial charge in [-0.15, -0.1) is 0 Å². The lowest BCUT2D eigenvalue weighted by atomic mass is 9.77. The molecule has 1 fully saturated rings. The molecule has 3 heteroatoms. The molecule has 0 saturated heterocycles. The summed E-state index contributed by atoms with van der Waals surface area (Å²) in [6.45, 7) is 2.10. The molecule has 3 N–H and O–H groups in total. The zero-order valence-corrected chi connectivity index (χ0v) is 11.4. The van der Waals surface area contributed by atoms with Crippen LogP contribution in [0.2, 0.25) is 0 Å². The minimum atomic E-state index is -0.151. The van der Waals surface area contributed by atoms with E-state index in [4.69, 9.17) is 10.6 Å². The molecule has 1 aromatic carbocycles. The molecule has 0 bridgehead atoms. The molecular weight excluding hydrogens is 224 g/mol. The van der Waals surface area contributed by atoms with Gasteiger partial charge in [-0.1, -0.05) is 49.1 Å². The highest BCUT2D eigenvalue weighted by Gasteiger charge is 2.40.